The minimum atomic E-state index is -0.150. The first-order chi connectivity index (χ1) is 12.7. The van der Waals surface area contributed by atoms with Gasteiger partial charge in [-0.3, -0.25) is 4.79 Å². The molecule has 0 spiro atoms. The lowest BCUT2D eigenvalue weighted by atomic mass is 10.2. The number of hydrogen-bond acceptors (Lipinski definition) is 6. The summed E-state index contributed by atoms with van der Waals surface area (Å²) in [6.45, 7) is 4.90. The van der Waals surface area contributed by atoms with Gasteiger partial charge >= 0.3 is 0 Å². The maximum absolute atomic E-state index is 12.0. The number of rotatable bonds is 6. The molecule has 1 aliphatic rings. The zero-order valence-corrected chi connectivity index (χ0v) is 15.9. The largest absolute Gasteiger partial charge is 0.341 e. The molecule has 1 aromatic carbocycles. The van der Waals surface area contributed by atoms with Crippen molar-refractivity contribution in [2.45, 2.75) is 19.4 Å². The van der Waals surface area contributed by atoms with E-state index in [0.29, 0.717) is 4.96 Å². The van der Waals surface area contributed by atoms with E-state index in [1.165, 1.54) is 41.0 Å². The first-order valence-corrected chi connectivity index (χ1v) is 9.95. The molecular weight excluding hydrogens is 370 g/mol. The van der Waals surface area contributed by atoms with E-state index in [0.717, 1.165) is 48.4 Å². The summed E-state index contributed by atoms with van der Waals surface area (Å²) >= 11 is 7.45. The summed E-state index contributed by atoms with van der Waals surface area (Å²) < 4.78 is 1.38. The molecule has 136 valence electrons. The van der Waals surface area contributed by atoms with Gasteiger partial charge in [-0.1, -0.05) is 35.1 Å². The van der Waals surface area contributed by atoms with Crippen molar-refractivity contribution in [3.05, 3.63) is 57.5 Å². The average molecular weight is 390 g/mol. The predicted octanol–water partition coefficient (Wildman–Crippen LogP) is 2.91. The van der Waals surface area contributed by atoms with Crippen molar-refractivity contribution in [1.82, 2.24) is 19.5 Å². The molecule has 0 atom stereocenters. The Labute approximate surface area is 160 Å². The molecule has 6 nitrogen and oxygen atoms in total. The standard InChI is InChI=1S/C18H20ClN5OS/c19-15-5-3-14(4-6-15)13-23(12-11-22-9-1-2-10-22)18-21-24-16(25)7-8-20-17(24)26-18/h3-8H,1-2,9-13H2. The highest BCUT2D eigenvalue weighted by Gasteiger charge is 2.17. The third-order valence-corrected chi connectivity index (χ3v) is 5.84. The summed E-state index contributed by atoms with van der Waals surface area (Å²) in [5.41, 5.74) is 1.01. The molecule has 0 radical (unpaired) electrons. The zero-order chi connectivity index (χ0) is 17.9. The summed E-state index contributed by atoms with van der Waals surface area (Å²) in [5, 5.41) is 6.06. The average Bonchev–Trinajstić information content (AvgIpc) is 3.30. The summed E-state index contributed by atoms with van der Waals surface area (Å²) in [5.74, 6) is 0. The molecule has 0 bridgehead atoms. The van der Waals surface area contributed by atoms with Crippen molar-refractivity contribution >= 4 is 33.0 Å². The van der Waals surface area contributed by atoms with E-state index >= 15 is 0 Å². The summed E-state index contributed by atoms with van der Waals surface area (Å²) in [6, 6.07) is 9.30. The van der Waals surface area contributed by atoms with Crippen LogP contribution in [-0.4, -0.2) is 45.7 Å². The molecule has 1 saturated heterocycles. The Morgan fingerprint density at radius 2 is 1.92 bits per heavy atom. The maximum atomic E-state index is 12.0. The van der Waals surface area contributed by atoms with Gasteiger partial charge in [0.25, 0.3) is 5.56 Å². The molecule has 4 rings (SSSR count). The number of aromatic nitrogens is 3. The lowest BCUT2D eigenvalue weighted by molar-refractivity contribution is 0.344. The quantitative estimate of drug-likeness (QED) is 0.648. The van der Waals surface area contributed by atoms with Crippen molar-refractivity contribution < 1.29 is 0 Å². The molecule has 1 fully saturated rings. The molecule has 0 N–H and O–H groups in total. The van der Waals surface area contributed by atoms with E-state index in [4.69, 9.17) is 11.6 Å². The van der Waals surface area contributed by atoms with Gasteiger partial charge in [-0.15, -0.1) is 5.10 Å². The van der Waals surface area contributed by atoms with E-state index in [2.05, 4.69) is 19.9 Å². The van der Waals surface area contributed by atoms with Crippen LogP contribution in [-0.2, 0) is 6.54 Å². The number of fused-ring (bicyclic) bond motifs is 1. The Bertz CT molecular complexity index is 933. The number of anilines is 1. The normalized spacial score (nSPS) is 15.0. The van der Waals surface area contributed by atoms with E-state index in [-0.39, 0.29) is 5.56 Å². The van der Waals surface area contributed by atoms with Crippen LogP contribution in [0.4, 0.5) is 5.13 Å². The Balaban J connectivity index is 1.60. The SMILES string of the molecule is O=c1ccnc2sc(N(CCN3CCCC3)Cc3ccc(Cl)cc3)nn12. The van der Waals surface area contributed by atoms with Crippen LogP contribution in [0, 0.1) is 0 Å². The first-order valence-electron chi connectivity index (χ1n) is 8.76. The molecule has 3 heterocycles. The van der Waals surface area contributed by atoms with Crippen molar-refractivity contribution in [3.63, 3.8) is 0 Å². The molecule has 0 unspecified atom stereocenters. The molecule has 26 heavy (non-hydrogen) atoms. The predicted molar refractivity (Wildman–Crippen MR) is 105 cm³/mol. The van der Waals surface area contributed by atoms with Gasteiger partial charge in [0.2, 0.25) is 10.1 Å². The highest BCUT2D eigenvalue weighted by Crippen LogP contribution is 2.23. The van der Waals surface area contributed by atoms with Crippen molar-refractivity contribution in [3.8, 4) is 0 Å². The molecule has 0 amide bonds. The highest BCUT2D eigenvalue weighted by atomic mass is 35.5. The van der Waals surface area contributed by atoms with Crippen LogP contribution in [0.25, 0.3) is 4.96 Å². The van der Waals surface area contributed by atoms with E-state index < -0.39 is 0 Å². The molecule has 0 aliphatic carbocycles. The number of likely N-dealkylation sites (tertiary alicyclic amines) is 1. The Hall–Kier alpha value is -1.96. The van der Waals surface area contributed by atoms with E-state index in [9.17, 15) is 4.79 Å². The van der Waals surface area contributed by atoms with E-state index in [1.807, 2.05) is 24.3 Å². The number of nitrogens with zero attached hydrogens (tertiary/aromatic N) is 5. The fourth-order valence-electron chi connectivity index (χ4n) is 3.18. The Morgan fingerprint density at radius 1 is 1.15 bits per heavy atom. The smallest absolute Gasteiger partial charge is 0.275 e. The Kier molecular flexibility index (Phi) is 5.19. The molecule has 1 aliphatic heterocycles. The minimum absolute atomic E-state index is 0.150. The summed E-state index contributed by atoms with van der Waals surface area (Å²) in [7, 11) is 0. The topological polar surface area (TPSA) is 53.7 Å². The molecule has 3 aromatic rings. The van der Waals surface area contributed by atoms with Crippen LogP contribution in [0.15, 0.2) is 41.3 Å². The van der Waals surface area contributed by atoms with Gasteiger partial charge in [0, 0.05) is 36.9 Å². The van der Waals surface area contributed by atoms with Crippen molar-refractivity contribution in [2.24, 2.45) is 0 Å². The van der Waals surface area contributed by atoms with Gasteiger partial charge in [-0.05, 0) is 43.6 Å². The van der Waals surface area contributed by atoms with Crippen LogP contribution in [0.5, 0.6) is 0 Å². The second-order valence-corrected chi connectivity index (χ2v) is 7.83. The van der Waals surface area contributed by atoms with Crippen LogP contribution in [0.3, 0.4) is 0 Å². The van der Waals surface area contributed by atoms with Gasteiger partial charge in [-0.25, -0.2) is 4.98 Å². The highest BCUT2D eigenvalue weighted by molar-refractivity contribution is 7.20. The van der Waals surface area contributed by atoms with Crippen molar-refractivity contribution in [1.29, 1.82) is 0 Å². The van der Waals surface area contributed by atoms with Gasteiger partial charge < -0.3 is 9.80 Å². The molecule has 8 heteroatoms. The van der Waals surface area contributed by atoms with Crippen LogP contribution in [0.1, 0.15) is 18.4 Å². The molecule has 0 saturated carbocycles. The van der Waals surface area contributed by atoms with E-state index in [1.54, 1.807) is 0 Å². The third kappa shape index (κ3) is 3.90. The van der Waals surface area contributed by atoms with Crippen LogP contribution < -0.4 is 10.5 Å². The minimum Gasteiger partial charge on any atom is -0.341 e. The maximum Gasteiger partial charge on any atom is 0.275 e. The number of benzene rings is 1. The molecular formula is C18H20ClN5OS. The monoisotopic (exact) mass is 389 g/mol. The lowest BCUT2D eigenvalue weighted by Gasteiger charge is -2.24. The first kappa shape index (κ1) is 17.5. The van der Waals surface area contributed by atoms with Gasteiger partial charge in [0.15, 0.2) is 0 Å². The van der Waals surface area contributed by atoms with Crippen LogP contribution >= 0.6 is 22.9 Å². The van der Waals surface area contributed by atoms with Crippen molar-refractivity contribution in [2.75, 3.05) is 31.1 Å². The van der Waals surface area contributed by atoms with Gasteiger partial charge in [0.1, 0.15) is 0 Å². The Morgan fingerprint density at radius 3 is 2.65 bits per heavy atom. The zero-order valence-electron chi connectivity index (χ0n) is 14.3. The summed E-state index contributed by atoms with van der Waals surface area (Å²) in [4.78, 5) is 21.6. The fraction of sp³-hybridized carbons (Fsp3) is 0.389. The number of hydrogen-bond donors (Lipinski definition) is 0. The third-order valence-electron chi connectivity index (χ3n) is 4.60. The fourth-order valence-corrected chi connectivity index (χ4v) is 4.21. The molecule has 2 aromatic heterocycles. The second kappa shape index (κ2) is 7.73. The van der Waals surface area contributed by atoms with Gasteiger partial charge in [0.05, 0.1) is 0 Å². The number of halogens is 1. The van der Waals surface area contributed by atoms with Crippen LogP contribution in [0.2, 0.25) is 5.02 Å². The lowest BCUT2D eigenvalue weighted by Crippen LogP contribution is -2.33. The summed E-state index contributed by atoms with van der Waals surface area (Å²) in [6.07, 6.45) is 4.09. The van der Waals surface area contributed by atoms with Gasteiger partial charge in [-0.2, -0.15) is 4.52 Å². The second-order valence-electron chi connectivity index (χ2n) is 6.46.